The van der Waals surface area contributed by atoms with Crippen molar-refractivity contribution in [1.29, 1.82) is 0 Å². The molecule has 0 radical (unpaired) electrons. The molecule has 1 aliphatic rings. The minimum absolute atomic E-state index is 0.140. The number of benzene rings is 1. The van der Waals surface area contributed by atoms with Crippen molar-refractivity contribution in [2.45, 2.75) is 32.9 Å². The molecule has 0 bridgehead atoms. The molecule has 1 aromatic carbocycles. The van der Waals surface area contributed by atoms with Crippen LogP contribution in [0.1, 0.15) is 26.6 Å². The number of aromatic nitrogens is 2. The van der Waals surface area contributed by atoms with E-state index in [9.17, 15) is 9.59 Å². The van der Waals surface area contributed by atoms with E-state index in [0.29, 0.717) is 49.5 Å². The lowest BCUT2D eigenvalue weighted by Crippen LogP contribution is -2.49. The van der Waals surface area contributed by atoms with Gasteiger partial charge < -0.3 is 14.6 Å². The van der Waals surface area contributed by atoms with E-state index in [4.69, 9.17) is 4.74 Å². The van der Waals surface area contributed by atoms with Crippen LogP contribution in [-0.4, -0.2) is 57.6 Å². The number of fused-ring (bicyclic) bond motifs is 1. The van der Waals surface area contributed by atoms with Crippen molar-refractivity contribution in [2.24, 2.45) is 0 Å². The zero-order valence-electron chi connectivity index (χ0n) is 15.2. The Labute approximate surface area is 160 Å². The van der Waals surface area contributed by atoms with E-state index in [-0.39, 0.29) is 11.7 Å². The first-order valence-electron chi connectivity index (χ1n) is 8.60. The molecule has 0 atom stereocenters. The molecule has 1 saturated heterocycles. The highest BCUT2D eigenvalue weighted by Crippen LogP contribution is 2.16. The lowest BCUT2D eigenvalue weighted by Gasteiger charge is -2.35. The first-order valence-corrected chi connectivity index (χ1v) is 9.39. The number of ether oxygens (including phenoxy) is 1. The highest BCUT2D eigenvalue weighted by molar-refractivity contribution is 9.10. The SMILES string of the molecule is CC(C)(C)OC(=O)N1CCN(Cc2nc3ccc(Br)cc3c(=O)[nH]2)CC1. The Morgan fingerprint density at radius 3 is 2.62 bits per heavy atom. The van der Waals surface area contributed by atoms with Gasteiger partial charge in [-0.2, -0.15) is 0 Å². The number of hydrogen-bond acceptors (Lipinski definition) is 5. The first-order chi connectivity index (χ1) is 12.2. The lowest BCUT2D eigenvalue weighted by molar-refractivity contribution is 0.0137. The monoisotopic (exact) mass is 422 g/mol. The Balaban J connectivity index is 1.63. The molecule has 1 aromatic heterocycles. The Hall–Kier alpha value is -1.93. The van der Waals surface area contributed by atoms with Crippen molar-refractivity contribution in [1.82, 2.24) is 19.8 Å². The number of rotatable bonds is 2. The highest BCUT2D eigenvalue weighted by Gasteiger charge is 2.26. The predicted octanol–water partition coefficient (Wildman–Crippen LogP) is 2.74. The topological polar surface area (TPSA) is 78.5 Å². The molecule has 140 valence electrons. The average molecular weight is 423 g/mol. The van der Waals surface area contributed by atoms with Gasteiger partial charge in [0.25, 0.3) is 5.56 Å². The Bertz CT molecular complexity index is 867. The van der Waals surface area contributed by atoms with Gasteiger partial charge >= 0.3 is 6.09 Å². The van der Waals surface area contributed by atoms with E-state index in [2.05, 4.69) is 30.8 Å². The summed E-state index contributed by atoms with van der Waals surface area (Å²) in [5.74, 6) is 0.635. The molecule has 7 nitrogen and oxygen atoms in total. The number of piperazine rings is 1. The summed E-state index contributed by atoms with van der Waals surface area (Å²) < 4.78 is 6.26. The number of nitrogens with one attached hydrogen (secondary N) is 1. The number of hydrogen-bond donors (Lipinski definition) is 1. The molecule has 2 aromatic rings. The second-order valence-electron chi connectivity index (χ2n) is 7.42. The van der Waals surface area contributed by atoms with Crippen LogP contribution in [0, 0.1) is 0 Å². The van der Waals surface area contributed by atoms with E-state index < -0.39 is 5.60 Å². The third kappa shape index (κ3) is 4.62. The number of carbonyl (C=O) groups is 1. The average Bonchev–Trinajstić information content (AvgIpc) is 2.55. The summed E-state index contributed by atoms with van der Waals surface area (Å²) in [6.07, 6.45) is -0.278. The molecule has 1 N–H and O–H groups in total. The van der Waals surface area contributed by atoms with Crippen LogP contribution in [0.25, 0.3) is 10.9 Å². The van der Waals surface area contributed by atoms with Gasteiger partial charge in [0.15, 0.2) is 0 Å². The lowest BCUT2D eigenvalue weighted by atomic mass is 10.2. The van der Waals surface area contributed by atoms with E-state index >= 15 is 0 Å². The second-order valence-corrected chi connectivity index (χ2v) is 8.33. The predicted molar refractivity (Wildman–Crippen MR) is 103 cm³/mol. The maximum absolute atomic E-state index is 12.3. The minimum atomic E-state index is -0.488. The van der Waals surface area contributed by atoms with E-state index in [1.807, 2.05) is 32.9 Å². The summed E-state index contributed by atoms with van der Waals surface area (Å²) in [6.45, 7) is 8.75. The number of H-pyrrole nitrogens is 1. The number of halogens is 1. The molecule has 0 unspecified atom stereocenters. The molecule has 8 heteroatoms. The van der Waals surface area contributed by atoms with Crippen molar-refractivity contribution >= 4 is 32.9 Å². The third-order valence-electron chi connectivity index (χ3n) is 4.11. The molecular weight excluding hydrogens is 400 g/mol. The zero-order chi connectivity index (χ0) is 18.9. The number of aromatic amines is 1. The Morgan fingerprint density at radius 1 is 1.27 bits per heavy atom. The van der Waals surface area contributed by atoms with Crippen LogP contribution < -0.4 is 5.56 Å². The van der Waals surface area contributed by atoms with Gasteiger partial charge in [-0.15, -0.1) is 0 Å². The Kier molecular flexibility index (Phi) is 5.34. The summed E-state index contributed by atoms with van der Waals surface area (Å²) in [5.41, 5.74) is 0.0515. The standard InChI is InChI=1S/C18H23BrN4O3/c1-18(2,3)26-17(25)23-8-6-22(7-9-23)11-15-20-14-5-4-12(19)10-13(14)16(24)21-15/h4-5,10H,6-9,11H2,1-3H3,(H,20,21,24). The fourth-order valence-corrected chi connectivity index (χ4v) is 3.22. The Morgan fingerprint density at radius 2 is 1.96 bits per heavy atom. The molecule has 1 aliphatic heterocycles. The van der Waals surface area contributed by atoms with Crippen LogP contribution in [0.15, 0.2) is 27.5 Å². The molecule has 0 spiro atoms. The molecule has 2 heterocycles. The number of nitrogens with zero attached hydrogens (tertiary/aromatic N) is 3. The van der Waals surface area contributed by atoms with Crippen LogP contribution in [0.2, 0.25) is 0 Å². The summed E-state index contributed by atoms with van der Waals surface area (Å²) >= 11 is 3.37. The molecule has 1 amide bonds. The fraction of sp³-hybridized carbons (Fsp3) is 0.500. The molecule has 26 heavy (non-hydrogen) atoms. The maximum atomic E-state index is 12.3. The largest absolute Gasteiger partial charge is 0.444 e. The smallest absolute Gasteiger partial charge is 0.410 e. The van der Waals surface area contributed by atoms with Gasteiger partial charge in [0.05, 0.1) is 17.4 Å². The highest BCUT2D eigenvalue weighted by atomic mass is 79.9. The van der Waals surface area contributed by atoms with Gasteiger partial charge in [-0.05, 0) is 39.0 Å². The molecule has 0 aliphatic carbocycles. The third-order valence-corrected chi connectivity index (χ3v) is 4.61. The van der Waals surface area contributed by atoms with Crippen molar-refractivity contribution in [2.75, 3.05) is 26.2 Å². The van der Waals surface area contributed by atoms with Crippen molar-refractivity contribution in [3.8, 4) is 0 Å². The first kappa shape index (κ1) is 18.8. The maximum Gasteiger partial charge on any atom is 0.410 e. The van der Waals surface area contributed by atoms with Gasteiger partial charge in [-0.1, -0.05) is 15.9 Å². The van der Waals surface area contributed by atoms with Crippen LogP contribution in [0.5, 0.6) is 0 Å². The van der Waals surface area contributed by atoms with Crippen molar-refractivity contribution in [3.05, 3.63) is 38.9 Å². The minimum Gasteiger partial charge on any atom is -0.444 e. The van der Waals surface area contributed by atoms with Crippen LogP contribution >= 0.6 is 15.9 Å². The fourth-order valence-electron chi connectivity index (χ4n) is 2.86. The van der Waals surface area contributed by atoms with Gasteiger partial charge in [0.1, 0.15) is 11.4 Å². The van der Waals surface area contributed by atoms with Gasteiger partial charge in [-0.25, -0.2) is 9.78 Å². The zero-order valence-corrected chi connectivity index (χ0v) is 16.8. The molecule has 0 saturated carbocycles. The van der Waals surface area contributed by atoms with Crippen LogP contribution in [0.3, 0.4) is 0 Å². The van der Waals surface area contributed by atoms with Crippen LogP contribution in [-0.2, 0) is 11.3 Å². The van der Waals surface area contributed by atoms with Crippen molar-refractivity contribution < 1.29 is 9.53 Å². The van der Waals surface area contributed by atoms with Crippen molar-refractivity contribution in [3.63, 3.8) is 0 Å². The quantitative estimate of drug-likeness (QED) is 0.804. The summed E-state index contributed by atoms with van der Waals surface area (Å²) in [7, 11) is 0. The molecular formula is C18H23BrN4O3. The molecule has 3 rings (SSSR count). The summed E-state index contributed by atoms with van der Waals surface area (Å²) in [6, 6.07) is 5.47. The van der Waals surface area contributed by atoms with Crippen LogP contribution in [0.4, 0.5) is 4.79 Å². The normalized spacial score (nSPS) is 16.1. The number of carbonyl (C=O) groups excluding carboxylic acids is 1. The van der Waals surface area contributed by atoms with E-state index in [1.165, 1.54) is 0 Å². The van der Waals surface area contributed by atoms with Gasteiger partial charge in [0.2, 0.25) is 0 Å². The van der Waals surface area contributed by atoms with E-state index in [1.54, 1.807) is 11.0 Å². The summed E-state index contributed by atoms with van der Waals surface area (Å²) in [4.78, 5) is 35.7. The summed E-state index contributed by atoms with van der Waals surface area (Å²) in [5, 5.41) is 0.567. The van der Waals surface area contributed by atoms with Gasteiger partial charge in [-0.3, -0.25) is 9.69 Å². The van der Waals surface area contributed by atoms with E-state index in [0.717, 1.165) is 4.47 Å². The second kappa shape index (κ2) is 7.36. The van der Waals surface area contributed by atoms with Gasteiger partial charge in [0, 0.05) is 30.7 Å². The molecule has 1 fully saturated rings. The number of amides is 1.